The molecule has 7 nitrogen and oxygen atoms in total. The molecule has 1 aliphatic rings. The van der Waals surface area contributed by atoms with Crippen molar-refractivity contribution in [3.8, 4) is 0 Å². The van der Waals surface area contributed by atoms with Gasteiger partial charge in [0.15, 0.2) is 15.6 Å². The number of aromatic nitrogens is 1. The minimum Gasteiger partial charge on any atom is -0.478 e. The Morgan fingerprint density at radius 1 is 1.61 bits per heavy atom. The molecule has 0 radical (unpaired) electrons. The molecule has 0 bridgehead atoms. The molecule has 0 aromatic carbocycles. The first-order valence-electron chi connectivity index (χ1n) is 5.58. The molecule has 1 fully saturated rings. The summed E-state index contributed by atoms with van der Waals surface area (Å²) in [6.07, 6.45) is 2.52. The minimum absolute atomic E-state index is 0.00108. The van der Waals surface area contributed by atoms with Crippen LogP contribution < -0.4 is 5.32 Å². The van der Waals surface area contributed by atoms with Crippen LogP contribution in [0.4, 0.5) is 0 Å². The summed E-state index contributed by atoms with van der Waals surface area (Å²) in [6, 6.07) is -0.157. The lowest BCUT2D eigenvalue weighted by Crippen LogP contribution is -2.39. The Balaban J connectivity index is 1.95. The summed E-state index contributed by atoms with van der Waals surface area (Å²) in [5.74, 6) is -0.577. The number of carboxylic acids is 1. The zero-order valence-electron chi connectivity index (χ0n) is 9.63. The first-order valence-corrected chi connectivity index (χ1v) is 7.41. The molecule has 100 valence electrons. The van der Waals surface area contributed by atoms with Gasteiger partial charge in [-0.25, -0.2) is 13.2 Å². The van der Waals surface area contributed by atoms with Crippen LogP contribution in [0.2, 0.25) is 0 Å². The Kier molecular flexibility index (Phi) is 3.67. The van der Waals surface area contributed by atoms with Gasteiger partial charge in [0, 0.05) is 6.04 Å². The van der Waals surface area contributed by atoms with Crippen LogP contribution in [0.15, 0.2) is 10.7 Å². The van der Waals surface area contributed by atoms with E-state index in [0.717, 1.165) is 12.6 Å². The monoisotopic (exact) mass is 274 g/mol. The van der Waals surface area contributed by atoms with E-state index in [-0.39, 0.29) is 35.4 Å². The van der Waals surface area contributed by atoms with E-state index < -0.39 is 15.8 Å². The van der Waals surface area contributed by atoms with Crippen LogP contribution in [0, 0.1) is 0 Å². The summed E-state index contributed by atoms with van der Waals surface area (Å²) in [5, 5.41) is 15.3. The van der Waals surface area contributed by atoms with Crippen molar-refractivity contribution < 1.29 is 22.8 Å². The quantitative estimate of drug-likeness (QED) is 0.797. The van der Waals surface area contributed by atoms with Gasteiger partial charge in [0.05, 0.1) is 24.2 Å². The second-order valence-corrected chi connectivity index (χ2v) is 6.53. The molecule has 18 heavy (non-hydrogen) atoms. The Morgan fingerprint density at radius 2 is 2.39 bits per heavy atom. The fourth-order valence-corrected chi connectivity index (χ4v) is 3.66. The van der Waals surface area contributed by atoms with Gasteiger partial charge in [0.1, 0.15) is 5.56 Å². The molecule has 1 unspecified atom stereocenters. The predicted molar refractivity (Wildman–Crippen MR) is 62.0 cm³/mol. The molecule has 1 aromatic heterocycles. The largest absolute Gasteiger partial charge is 0.478 e. The number of nitrogens with one attached hydrogen (secondary N) is 1. The maximum atomic E-state index is 11.4. The lowest BCUT2D eigenvalue weighted by Gasteiger charge is -2.22. The van der Waals surface area contributed by atoms with Gasteiger partial charge < -0.3 is 14.9 Å². The first-order chi connectivity index (χ1) is 8.48. The maximum absolute atomic E-state index is 11.4. The summed E-state index contributed by atoms with van der Waals surface area (Å²) >= 11 is 0. The fraction of sp³-hybridized carbons (Fsp3) is 0.600. The van der Waals surface area contributed by atoms with E-state index in [4.69, 9.17) is 9.63 Å². The van der Waals surface area contributed by atoms with Crippen LogP contribution >= 0.6 is 0 Å². The van der Waals surface area contributed by atoms with Crippen molar-refractivity contribution in [1.29, 1.82) is 0 Å². The zero-order chi connectivity index (χ0) is 13.2. The van der Waals surface area contributed by atoms with Crippen LogP contribution in [0.25, 0.3) is 0 Å². The van der Waals surface area contributed by atoms with Gasteiger partial charge >= 0.3 is 5.97 Å². The van der Waals surface area contributed by atoms with Gasteiger partial charge in [-0.1, -0.05) is 5.16 Å². The molecule has 0 spiro atoms. The molecule has 2 N–H and O–H groups in total. The van der Waals surface area contributed by atoms with E-state index in [1.54, 1.807) is 0 Å². The molecule has 2 rings (SSSR count). The van der Waals surface area contributed by atoms with Crippen molar-refractivity contribution in [3.05, 3.63) is 17.5 Å². The normalized spacial score (nSPS) is 22.8. The molecular weight excluding hydrogens is 260 g/mol. The van der Waals surface area contributed by atoms with Crippen molar-refractivity contribution >= 4 is 15.8 Å². The van der Waals surface area contributed by atoms with E-state index in [9.17, 15) is 13.2 Å². The number of nitrogens with zero attached hydrogens (tertiary/aromatic N) is 1. The van der Waals surface area contributed by atoms with Gasteiger partial charge in [-0.15, -0.1) is 0 Å². The number of rotatable bonds is 4. The van der Waals surface area contributed by atoms with Gasteiger partial charge in [-0.3, -0.25) is 0 Å². The molecule has 0 saturated carbocycles. The lowest BCUT2D eigenvalue weighted by atomic mass is 10.2. The van der Waals surface area contributed by atoms with Crippen LogP contribution in [-0.4, -0.2) is 42.2 Å². The first kappa shape index (κ1) is 13.0. The van der Waals surface area contributed by atoms with Crippen LogP contribution in [0.1, 0.15) is 29.0 Å². The van der Waals surface area contributed by atoms with E-state index in [1.807, 2.05) is 0 Å². The Bertz CT molecular complexity index is 536. The highest BCUT2D eigenvalue weighted by Gasteiger charge is 2.25. The molecule has 1 aliphatic heterocycles. The zero-order valence-corrected chi connectivity index (χ0v) is 10.4. The topological polar surface area (TPSA) is 110 Å². The number of carbonyl (C=O) groups is 1. The van der Waals surface area contributed by atoms with Crippen molar-refractivity contribution in [2.75, 3.05) is 11.5 Å². The summed E-state index contributed by atoms with van der Waals surface area (Å²) in [6.45, 7) is 0.168. The molecule has 1 saturated heterocycles. The van der Waals surface area contributed by atoms with E-state index >= 15 is 0 Å². The summed E-state index contributed by atoms with van der Waals surface area (Å²) in [5.41, 5.74) is 0.00108. The lowest BCUT2D eigenvalue weighted by molar-refractivity contribution is 0.0694. The Labute approximate surface area is 104 Å². The number of sulfone groups is 1. The SMILES string of the molecule is O=C(O)c1cnoc1CNC1CCCS(=O)(=O)C1. The minimum atomic E-state index is -2.97. The standard InChI is InChI=1S/C10H14N2O5S/c13-10(14)8-4-12-17-9(8)5-11-7-2-1-3-18(15,16)6-7/h4,7,11H,1-3,5-6H2,(H,13,14). The van der Waals surface area contributed by atoms with Crippen molar-refractivity contribution in [1.82, 2.24) is 10.5 Å². The molecule has 1 aromatic rings. The van der Waals surface area contributed by atoms with Crippen molar-refractivity contribution in [2.45, 2.75) is 25.4 Å². The second kappa shape index (κ2) is 5.07. The maximum Gasteiger partial charge on any atom is 0.341 e. The molecule has 0 amide bonds. The third-order valence-corrected chi connectivity index (χ3v) is 4.71. The van der Waals surface area contributed by atoms with Crippen molar-refractivity contribution in [2.24, 2.45) is 0 Å². The van der Waals surface area contributed by atoms with Crippen LogP contribution in [-0.2, 0) is 16.4 Å². The van der Waals surface area contributed by atoms with Gasteiger partial charge in [0.25, 0.3) is 0 Å². The third-order valence-electron chi connectivity index (χ3n) is 2.89. The second-order valence-electron chi connectivity index (χ2n) is 4.30. The van der Waals surface area contributed by atoms with E-state index in [0.29, 0.717) is 6.42 Å². The Morgan fingerprint density at radius 3 is 3.06 bits per heavy atom. The predicted octanol–water partition coefficient (Wildman–Crippen LogP) is 0.0396. The van der Waals surface area contributed by atoms with Crippen LogP contribution in [0.3, 0.4) is 0 Å². The number of hydrogen-bond donors (Lipinski definition) is 2. The number of hydrogen-bond acceptors (Lipinski definition) is 6. The molecular formula is C10H14N2O5S. The molecule has 1 atom stereocenters. The average Bonchev–Trinajstić information content (AvgIpc) is 2.73. The molecule has 2 heterocycles. The van der Waals surface area contributed by atoms with E-state index in [1.165, 1.54) is 0 Å². The summed E-state index contributed by atoms with van der Waals surface area (Å²) < 4.78 is 27.7. The average molecular weight is 274 g/mol. The van der Waals surface area contributed by atoms with Gasteiger partial charge in [-0.05, 0) is 12.8 Å². The highest BCUT2D eigenvalue weighted by molar-refractivity contribution is 7.91. The smallest absolute Gasteiger partial charge is 0.341 e. The summed E-state index contributed by atoms with van der Waals surface area (Å²) in [7, 11) is -2.97. The number of carboxylic acid groups (broad SMARTS) is 1. The highest BCUT2D eigenvalue weighted by Crippen LogP contribution is 2.14. The number of aromatic carboxylic acids is 1. The van der Waals surface area contributed by atoms with Crippen molar-refractivity contribution in [3.63, 3.8) is 0 Å². The highest BCUT2D eigenvalue weighted by atomic mass is 32.2. The fourth-order valence-electron chi connectivity index (χ4n) is 1.99. The molecule has 8 heteroatoms. The van der Waals surface area contributed by atoms with Gasteiger partial charge in [0.2, 0.25) is 0 Å². The van der Waals surface area contributed by atoms with E-state index in [2.05, 4.69) is 10.5 Å². The third kappa shape index (κ3) is 3.08. The van der Waals surface area contributed by atoms with Crippen LogP contribution in [0.5, 0.6) is 0 Å². The Hall–Kier alpha value is -1.41. The van der Waals surface area contributed by atoms with Gasteiger partial charge in [-0.2, -0.15) is 0 Å². The molecule has 0 aliphatic carbocycles. The summed E-state index contributed by atoms with van der Waals surface area (Å²) in [4.78, 5) is 10.8.